The van der Waals surface area contributed by atoms with Crippen molar-refractivity contribution in [1.29, 1.82) is 0 Å². The van der Waals surface area contributed by atoms with Gasteiger partial charge in [-0.3, -0.25) is 9.88 Å². The summed E-state index contributed by atoms with van der Waals surface area (Å²) in [5, 5.41) is 9.67. The molecule has 20 heavy (non-hydrogen) atoms. The van der Waals surface area contributed by atoms with E-state index in [9.17, 15) is 5.11 Å². The number of pyridine rings is 1. The molecule has 0 fully saturated rings. The van der Waals surface area contributed by atoms with Gasteiger partial charge in [0.15, 0.2) is 0 Å². The molecule has 1 heterocycles. The maximum Gasteiger partial charge on any atom is 0.118 e. The maximum atomic E-state index is 9.67. The highest BCUT2D eigenvalue weighted by atomic mass is 16.5. The number of aliphatic hydroxyl groups excluding tert-OH is 1. The van der Waals surface area contributed by atoms with Crippen LogP contribution in [0.5, 0.6) is 5.75 Å². The van der Waals surface area contributed by atoms with Crippen LogP contribution in [0, 0.1) is 0 Å². The second kappa shape index (κ2) is 7.03. The molecular weight excluding hydrogens is 252 g/mol. The molecule has 2 rings (SSSR count). The second-order valence-electron chi connectivity index (χ2n) is 4.74. The van der Waals surface area contributed by atoms with Crippen molar-refractivity contribution in [1.82, 2.24) is 9.88 Å². The number of ether oxygens (including phenoxy) is 1. The molecule has 0 spiro atoms. The van der Waals surface area contributed by atoms with Crippen molar-refractivity contribution in [3.8, 4) is 5.75 Å². The molecule has 106 valence electrons. The van der Waals surface area contributed by atoms with Crippen LogP contribution in [-0.2, 0) is 6.54 Å². The van der Waals surface area contributed by atoms with Crippen LogP contribution in [0.4, 0.5) is 0 Å². The third kappa shape index (κ3) is 3.56. The van der Waals surface area contributed by atoms with Gasteiger partial charge in [0.05, 0.1) is 19.8 Å². The molecule has 0 saturated heterocycles. The van der Waals surface area contributed by atoms with Gasteiger partial charge in [0, 0.05) is 18.9 Å². The predicted octanol–water partition coefficient (Wildman–Crippen LogP) is 2.26. The molecule has 1 N–H and O–H groups in total. The van der Waals surface area contributed by atoms with Gasteiger partial charge in [0.25, 0.3) is 0 Å². The summed E-state index contributed by atoms with van der Waals surface area (Å²) >= 11 is 0. The summed E-state index contributed by atoms with van der Waals surface area (Å²) in [5.74, 6) is 0.822. The van der Waals surface area contributed by atoms with Gasteiger partial charge in [0.1, 0.15) is 5.75 Å². The van der Waals surface area contributed by atoms with Crippen LogP contribution in [0.15, 0.2) is 48.8 Å². The molecule has 1 atom stereocenters. The van der Waals surface area contributed by atoms with Crippen molar-refractivity contribution in [3.63, 3.8) is 0 Å². The number of aliphatic hydroxyl groups is 1. The SMILES string of the molecule is COc1ccc([C@@H](CO)N(C)Cc2ccncc2)cc1. The Balaban J connectivity index is 2.10. The van der Waals surface area contributed by atoms with Gasteiger partial charge < -0.3 is 9.84 Å². The first-order valence-corrected chi connectivity index (χ1v) is 6.58. The van der Waals surface area contributed by atoms with Crippen molar-refractivity contribution in [2.24, 2.45) is 0 Å². The highest BCUT2D eigenvalue weighted by Crippen LogP contribution is 2.23. The van der Waals surface area contributed by atoms with E-state index in [1.165, 1.54) is 5.56 Å². The summed E-state index contributed by atoms with van der Waals surface area (Å²) in [6.07, 6.45) is 3.56. The largest absolute Gasteiger partial charge is 0.497 e. The molecule has 1 aromatic carbocycles. The van der Waals surface area contributed by atoms with Crippen molar-refractivity contribution in [2.45, 2.75) is 12.6 Å². The fraction of sp³-hybridized carbons (Fsp3) is 0.312. The maximum absolute atomic E-state index is 9.67. The van der Waals surface area contributed by atoms with E-state index in [-0.39, 0.29) is 12.6 Å². The lowest BCUT2D eigenvalue weighted by atomic mass is 10.1. The van der Waals surface area contributed by atoms with Gasteiger partial charge in [-0.1, -0.05) is 12.1 Å². The number of hydrogen-bond donors (Lipinski definition) is 1. The molecule has 0 amide bonds. The summed E-state index contributed by atoms with van der Waals surface area (Å²) < 4.78 is 5.16. The van der Waals surface area contributed by atoms with E-state index in [0.717, 1.165) is 17.9 Å². The summed E-state index contributed by atoms with van der Waals surface area (Å²) in [6, 6.07) is 11.7. The molecule has 0 bridgehead atoms. The predicted molar refractivity (Wildman–Crippen MR) is 78.5 cm³/mol. The van der Waals surface area contributed by atoms with Crippen LogP contribution in [0.1, 0.15) is 17.2 Å². The van der Waals surface area contributed by atoms with Crippen molar-refractivity contribution < 1.29 is 9.84 Å². The van der Waals surface area contributed by atoms with E-state index < -0.39 is 0 Å². The third-order valence-electron chi connectivity index (χ3n) is 3.39. The number of aromatic nitrogens is 1. The molecule has 0 radical (unpaired) electrons. The van der Waals surface area contributed by atoms with E-state index in [1.807, 2.05) is 43.4 Å². The Labute approximate surface area is 119 Å². The second-order valence-corrected chi connectivity index (χ2v) is 4.74. The third-order valence-corrected chi connectivity index (χ3v) is 3.39. The Morgan fingerprint density at radius 2 is 1.80 bits per heavy atom. The molecule has 0 aliphatic rings. The average Bonchev–Trinajstić information content (AvgIpc) is 2.49. The first kappa shape index (κ1) is 14.5. The molecule has 0 saturated carbocycles. The smallest absolute Gasteiger partial charge is 0.118 e. The van der Waals surface area contributed by atoms with Crippen LogP contribution in [0.25, 0.3) is 0 Å². The number of nitrogens with zero attached hydrogens (tertiary/aromatic N) is 2. The fourth-order valence-corrected chi connectivity index (χ4v) is 2.21. The first-order valence-electron chi connectivity index (χ1n) is 6.58. The minimum absolute atomic E-state index is 0.0333. The van der Waals surface area contributed by atoms with E-state index in [0.29, 0.717) is 0 Å². The Morgan fingerprint density at radius 3 is 2.35 bits per heavy atom. The Hall–Kier alpha value is -1.91. The molecule has 4 heteroatoms. The van der Waals surface area contributed by atoms with Gasteiger partial charge in [-0.05, 0) is 42.4 Å². The summed E-state index contributed by atoms with van der Waals surface area (Å²) in [4.78, 5) is 6.14. The highest BCUT2D eigenvalue weighted by Gasteiger charge is 2.16. The highest BCUT2D eigenvalue weighted by molar-refractivity contribution is 5.29. The minimum atomic E-state index is -0.0333. The average molecular weight is 272 g/mol. The number of likely N-dealkylation sites (N-methyl/N-ethyl adjacent to an activating group) is 1. The van der Waals surface area contributed by atoms with Crippen molar-refractivity contribution in [2.75, 3.05) is 20.8 Å². The van der Waals surface area contributed by atoms with E-state index in [1.54, 1.807) is 19.5 Å². The summed E-state index contributed by atoms with van der Waals surface area (Å²) in [5.41, 5.74) is 2.25. The van der Waals surface area contributed by atoms with Crippen molar-refractivity contribution in [3.05, 3.63) is 59.9 Å². The van der Waals surface area contributed by atoms with Gasteiger partial charge in [-0.15, -0.1) is 0 Å². The van der Waals surface area contributed by atoms with Gasteiger partial charge >= 0.3 is 0 Å². The number of methoxy groups -OCH3 is 1. The lowest BCUT2D eigenvalue weighted by Gasteiger charge is -2.27. The Kier molecular flexibility index (Phi) is 5.09. The number of hydrogen-bond acceptors (Lipinski definition) is 4. The van der Waals surface area contributed by atoms with E-state index in [2.05, 4.69) is 9.88 Å². The fourth-order valence-electron chi connectivity index (χ4n) is 2.21. The Morgan fingerprint density at radius 1 is 1.15 bits per heavy atom. The zero-order chi connectivity index (χ0) is 14.4. The molecule has 0 aliphatic carbocycles. The lowest BCUT2D eigenvalue weighted by Crippen LogP contribution is -2.26. The normalized spacial score (nSPS) is 12.4. The zero-order valence-electron chi connectivity index (χ0n) is 11.9. The first-order chi connectivity index (χ1) is 9.74. The van der Waals surface area contributed by atoms with E-state index >= 15 is 0 Å². The van der Waals surface area contributed by atoms with Crippen LogP contribution < -0.4 is 4.74 Å². The van der Waals surface area contributed by atoms with Crippen LogP contribution in [-0.4, -0.2) is 35.8 Å². The van der Waals surface area contributed by atoms with Crippen molar-refractivity contribution >= 4 is 0 Å². The molecular formula is C16H20N2O2. The molecule has 0 aliphatic heterocycles. The lowest BCUT2D eigenvalue weighted by molar-refractivity contribution is 0.142. The molecule has 1 aromatic heterocycles. The standard InChI is InChI=1S/C16H20N2O2/c1-18(11-13-7-9-17-10-8-13)16(12-19)14-3-5-15(20-2)6-4-14/h3-10,16,19H,11-12H2,1-2H3/t16-/m1/s1. The topological polar surface area (TPSA) is 45.6 Å². The summed E-state index contributed by atoms with van der Waals surface area (Å²) in [6.45, 7) is 0.841. The number of rotatable bonds is 6. The Bertz CT molecular complexity index is 514. The molecule has 0 unspecified atom stereocenters. The van der Waals surface area contributed by atoms with Gasteiger partial charge in [-0.2, -0.15) is 0 Å². The van der Waals surface area contributed by atoms with Gasteiger partial charge in [-0.25, -0.2) is 0 Å². The monoisotopic (exact) mass is 272 g/mol. The van der Waals surface area contributed by atoms with E-state index in [4.69, 9.17) is 4.74 Å². The van der Waals surface area contributed by atoms with Crippen LogP contribution in [0.2, 0.25) is 0 Å². The molecule has 4 nitrogen and oxygen atoms in total. The van der Waals surface area contributed by atoms with Gasteiger partial charge in [0.2, 0.25) is 0 Å². The molecule has 2 aromatic rings. The minimum Gasteiger partial charge on any atom is -0.497 e. The zero-order valence-corrected chi connectivity index (χ0v) is 11.9. The summed E-state index contributed by atoms with van der Waals surface area (Å²) in [7, 11) is 3.65. The number of benzene rings is 1. The quantitative estimate of drug-likeness (QED) is 0.876. The van der Waals surface area contributed by atoms with Crippen LogP contribution in [0.3, 0.4) is 0 Å². The van der Waals surface area contributed by atoms with Crippen LogP contribution >= 0.6 is 0 Å².